The number of furan rings is 1. The highest BCUT2D eigenvalue weighted by Gasteiger charge is 2.07. The number of benzene rings is 1. The lowest BCUT2D eigenvalue weighted by Gasteiger charge is -2.08. The second kappa shape index (κ2) is 5.50. The third kappa shape index (κ3) is 2.65. The Morgan fingerprint density at radius 3 is 3.06 bits per heavy atom. The van der Waals surface area contributed by atoms with Gasteiger partial charge in [0.2, 0.25) is 0 Å². The highest BCUT2D eigenvalue weighted by atomic mass is 16.5. The summed E-state index contributed by atoms with van der Waals surface area (Å²) in [5, 5.41) is 1.04. The molecule has 0 aliphatic rings. The number of aldehydes is 1. The molecule has 0 saturated carbocycles. The van der Waals surface area contributed by atoms with Gasteiger partial charge in [-0.15, -0.1) is 0 Å². The summed E-state index contributed by atoms with van der Waals surface area (Å²) in [4.78, 5) is 10.1. The van der Waals surface area contributed by atoms with Gasteiger partial charge in [-0.05, 0) is 24.1 Å². The lowest BCUT2D eigenvalue weighted by Crippen LogP contribution is -2.02. The van der Waals surface area contributed by atoms with E-state index < -0.39 is 0 Å². The SMILES string of the molecule is COc1cc2occc2cc1CCOCC=O. The summed E-state index contributed by atoms with van der Waals surface area (Å²) in [5.74, 6) is 0.780. The molecule has 4 nitrogen and oxygen atoms in total. The van der Waals surface area contributed by atoms with Gasteiger partial charge in [-0.3, -0.25) is 0 Å². The first kappa shape index (κ1) is 11.7. The van der Waals surface area contributed by atoms with Crippen molar-refractivity contribution in [1.29, 1.82) is 0 Å². The maximum absolute atomic E-state index is 10.1. The van der Waals surface area contributed by atoms with Crippen molar-refractivity contribution >= 4 is 17.3 Å². The minimum atomic E-state index is 0.135. The normalized spacial score (nSPS) is 10.6. The summed E-state index contributed by atoms with van der Waals surface area (Å²) in [6, 6.07) is 5.79. The minimum absolute atomic E-state index is 0.135. The van der Waals surface area contributed by atoms with Crippen LogP contribution in [-0.2, 0) is 16.0 Å². The second-order valence-electron chi connectivity index (χ2n) is 3.61. The van der Waals surface area contributed by atoms with Crippen LogP contribution in [0.4, 0.5) is 0 Å². The molecule has 0 fully saturated rings. The summed E-state index contributed by atoms with van der Waals surface area (Å²) in [6.07, 6.45) is 3.10. The van der Waals surface area contributed by atoms with Crippen molar-refractivity contribution in [3.8, 4) is 5.75 Å². The van der Waals surface area contributed by atoms with Gasteiger partial charge in [-0.1, -0.05) is 0 Å². The van der Waals surface area contributed by atoms with Crippen LogP contribution >= 0.6 is 0 Å². The van der Waals surface area contributed by atoms with Gasteiger partial charge in [0, 0.05) is 11.5 Å². The average molecular weight is 234 g/mol. The van der Waals surface area contributed by atoms with E-state index in [1.807, 2.05) is 18.2 Å². The van der Waals surface area contributed by atoms with Crippen molar-refractivity contribution in [1.82, 2.24) is 0 Å². The Morgan fingerprint density at radius 1 is 1.41 bits per heavy atom. The van der Waals surface area contributed by atoms with E-state index in [9.17, 15) is 4.79 Å². The summed E-state index contributed by atoms with van der Waals surface area (Å²) >= 11 is 0. The number of ether oxygens (including phenoxy) is 2. The molecule has 0 saturated heterocycles. The summed E-state index contributed by atoms with van der Waals surface area (Å²) in [5.41, 5.74) is 1.85. The van der Waals surface area contributed by atoms with Crippen LogP contribution in [0.15, 0.2) is 28.9 Å². The number of rotatable bonds is 6. The average Bonchev–Trinajstić information content (AvgIpc) is 2.80. The maximum Gasteiger partial charge on any atom is 0.145 e. The van der Waals surface area contributed by atoms with E-state index in [-0.39, 0.29) is 6.61 Å². The third-order valence-corrected chi connectivity index (χ3v) is 2.56. The van der Waals surface area contributed by atoms with Gasteiger partial charge < -0.3 is 18.7 Å². The molecule has 0 atom stereocenters. The number of fused-ring (bicyclic) bond motifs is 1. The zero-order chi connectivity index (χ0) is 12.1. The van der Waals surface area contributed by atoms with Crippen LogP contribution in [0.2, 0.25) is 0 Å². The van der Waals surface area contributed by atoms with Crippen LogP contribution in [0.25, 0.3) is 11.0 Å². The smallest absolute Gasteiger partial charge is 0.145 e. The van der Waals surface area contributed by atoms with E-state index in [2.05, 4.69) is 0 Å². The highest BCUT2D eigenvalue weighted by Crippen LogP contribution is 2.27. The number of hydrogen-bond acceptors (Lipinski definition) is 4. The van der Waals surface area contributed by atoms with Crippen molar-refractivity contribution < 1.29 is 18.7 Å². The molecule has 0 spiro atoms. The molecule has 0 aliphatic heterocycles. The highest BCUT2D eigenvalue weighted by molar-refractivity contribution is 5.80. The van der Waals surface area contributed by atoms with Crippen LogP contribution in [-0.4, -0.2) is 26.6 Å². The number of hydrogen-bond donors (Lipinski definition) is 0. The summed E-state index contributed by atoms with van der Waals surface area (Å²) in [6.45, 7) is 0.634. The van der Waals surface area contributed by atoms with Gasteiger partial charge in [-0.2, -0.15) is 0 Å². The van der Waals surface area contributed by atoms with E-state index >= 15 is 0 Å². The molecule has 0 bridgehead atoms. The largest absolute Gasteiger partial charge is 0.496 e. The second-order valence-corrected chi connectivity index (χ2v) is 3.61. The summed E-state index contributed by atoms with van der Waals surface area (Å²) in [7, 11) is 1.62. The molecule has 17 heavy (non-hydrogen) atoms. The van der Waals surface area contributed by atoms with Crippen LogP contribution in [0.5, 0.6) is 5.75 Å². The molecule has 90 valence electrons. The van der Waals surface area contributed by atoms with Gasteiger partial charge in [0.15, 0.2) is 0 Å². The lowest BCUT2D eigenvalue weighted by molar-refractivity contribution is -0.111. The van der Waals surface area contributed by atoms with Crippen molar-refractivity contribution in [2.75, 3.05) is 20.3 Å². The zero-order valence-electron chi connectivity index (χ0n) is 9.64. The molecule has 1 aromatic carbocycles. The molecule has 0 unspecified atom stereocenters. The van der Waals surface area contributed by atoms with Crippen molar-refractivity contribution in [3.63, 3.8) is 0 Å². The van der Waals surface area contributed by atoms with Gasteiger partial charge in [0.05, 0.1) is 20.0 Å². The molecule has 0 amide bonds. The Bertz CT molecular complexity index is 501. The zero-order valence-corrected chi connectivity index (χ0v) is 9.64. The molecule has 0 aliphatic carbocycles. The van der Waals surface area contributed by atoms with E-state index in [4.69, 9.17) is 13.9 Å². The summed E-state index contributed by atoms with van der Waals surface area (Å²) < 4.78 is 15.7. The van der Waals surface area contributed by atoms with Crippen LogP contribution in [0.3, 0.4) is 0 Å². The Balaban J connectivity index is 2.15. The Hall–Kier alpha value is -1.81. The fourth-order valence-electron chi connectivity index (χ4n) is 1.74. The molecule has 2 rings (SSSR count). The first-order valence-corrected chi connectivity index (χ1v) is 5.40. The molecular formula is C13H14O4. The molecule has 1 aromatic heterocycles. The van der Waals surface area contributed by atoms with Crippen LogP contribution in [0.1, 0.15) is 5.56 Å². The fraction of sp³-hybridized carbons (Fsp3) is 0.308. The topological polar surface area (TPSA) is 48.7 Å². The standard InChI is InChI=1S/C13H14O4/c1-15-12-9-13-11(3-6-17-13)8-10(12)2-5-16-7-4-14/h3-4,6,8-9H,2,5,7H2,1H3. The van der Waals surface area contributed by atoms with Gasteiger partial charge in [-0.25, -0.2) is 0 Å². The lowest BCUT2D eigenvalue weighted by atomic mass is 10.1. The Morgan fingerprint density at radius 2 is 2.29 bits per heavy atom. The Labute approximate surface area is 99.1 Å². The van der Waals surface area contributed by atoms with E-state index in [0.29, 0.717) is 13.0 Å². The molecule has 4 heteroatoms. The van der Waals surface area contributed by atoms with Gasteiger partial charge >= 0.3 is 0 Å². The molecule has 0 radical (unpaired) electrons. The van der Waals surface area contributed by atoms with E-state index in [1.54, 1.807) is 13.4 Å². The molecular weight excluding hydrogens is 220 g/mol. The third-order valence-electron chi connectivity index (χ3n) is 2.56. The number of methoxy groups -OCH3 is 1. The molecule has 2 aromatic rings. The fourth-order valence-corrected chi connectivity index (χ4v) is 1.74. The van der Waals surface area contributed by atoms with Crippen molar-refractivity contribution in [2.45, 2.75) is 6.42 Å². The number of carbonyl (C=O) groups excluding carboxylic acids is 1. The monoisotopic (exact) mass is 234 g/mol. The van der Waals surface area contributed by atoms with Crippen LogP contribution in [0, 0.1) is 0 Å². The minimum Gasteiger partial charge on any atom is -0.496 e. The molecule has 0 N–H and O–H groups in total. The van der Waals surface area contributed by atoms with Crippen molar-refractivity contribution in [3.05, 3.63) is 30.0 Å². The quantitative estimate of drug-likeness (QED) is 0.568. The van der Waals surface area contributed by atoms with Crippen molar-refractivity contribution in [2.24, 2.45) is 0 Å². The number of carbonyl (C=O) groups is 1. The maximum atomic E-state index is 10.1. The van der Waals surface area contributed by atoms with Gasteiger partial charge in [0.1, 0.15) is 24.2 Å². The first-order chi connectivity index (χ1) is 8.35. The van der Waals surface area contributed by atoms with Gasteiger partial charge in [0.25, 0.3) is 0 Å². The molecule has 1 heterocycles. The van der Waals surface area contributed by atoms with E-state index in [0.717, 1.165) is 28.6 Å². The first-order valence-electron chi connectivity index (χ1n) is 5.40. The van der Waals surface area contributed by atoms with Crippen LogP contribution < -0.4 is 4.74 Å². The Kier molecular flexibility index (Phi) is 3.77. The predicted molar refractivity (Wildman–Crippen MR) is 63.4 cm³/mol. The van der Waals surface area contributed by atoms with E-state index in [1.165, 1.54) is 0 Å². The predicted octanol–water partition coefficient (Wildman–Crippen LogP) is 2.20.